The number of nitrogens with two attached hydrogens (primary N) is 2. The average molecular weight is 318 g/mol. The number of hydrogen-bond acceptors (Lipinski definition) is 5. The van der Waals surface area contributed by atoms with Crippen molar-refractivity contribution in [2.45, 2.75) is 43.0 Å². The monoisotopic (exact) mass is 318 g/mol. The van der Waals surface area contributed by atoms with Crippen LogP contribution in [0.5, 0.6) is 0 Å². The molecule has 6 N–H and O–H groups in total. The number of urea groups is 2. The molecule has 1 heterocycles. The molecule has 1 saturated heterocycles. The van der Waals surface area contributed by atoms with Gasteiger partial charge in [-0.05, 0) is 12.8 Å². The van der Waals surface area contributed by atoms with Crippen molar-refractivity contribution in [2.75, 3.05) is 12.9 Å². The summed E-state index contributed by atoms with van der Waals surface area (Å²) >= 11 is 1.65. The first-order valence-corrected chi connectivity index (χ1v) is 7.79. The summed E-state index contributed by atoms with van der Waals surface area (Å²) in [5, 5.41) is 5.41. The zero-order valence-corrected chi connectivity index (χ0v) is 12.8. The number of esters is 1. The molecule has 4 amide bonds. The highest BCUT2D eigenvalue weighted by atomic mass is 32.2. The summed E-state index contributed by atoms with van der Waals surface area (Å²) in [6, 6.07) is -1.73. The second kappa shape index (κ2) is 8.60. The highest BCUT2D eigenvalue weighted by molar-refractivity contribution is 8.00. The lowest BCUT2D eigenvalue weighted by molar-refractivity contribution is -0.140. The van der Waals surface area contributed by atoms with E-state index in [1.807, 2.05) is 0 Å². The molecule has 0 unspecified atom stereocenters. The number of nitrogens with one attached hydrogen (secondary N) is 2. The minimum Gasteiger partial charge on any atom is -0.469 e. The highest BCUT2D eigenvalue weighted by Gasteiger charge is 2.37. The van der Waals surface area contributed by atoms with E-state index in [9.17, 15) is 14.4 Å². The highest BCUT2D eigenvalue weighted by Crippen LogP contribution is 2.31. The van der Waals surface area contributed by atoms with Crippen LogP contribution in [0.1, 0.15) is 25.7 Å². The zero-order chi connectivity index (χ0) is 15.8. The predicted octanol–water partition coefficient (Wildman–Crippen LogP) is -0.0910. The Morgan fingerprint density at radius 3 is 2.43 bits per heavy atom. The molecule has 1 fully saturated rings. The second-order valence-corrected chi connectivity index (χ2v) is 6.12. The van der Waals surface area contributed by atoms with Gasteiger partial charge in [0.05, 0.1) is 19.2 Å². The molecule has 0 spiro atoms. The van der Waals surface area contributed by atoms with E-state index in [4.69, 9.17) is 11.5 Å². The van der Waals surface area contributed by atoms with Gasteiger partial charge in [0.2, 0.25) is 0 Å². The van der Waals surface area contributed by atoms with Crippen molar-refractivity contribution in [3.63, 3.8) is 0 Å². The Kier molecular flexibility index (Phi) is 7.13. The Hall–Kier alpha value is -1.64. The third-order valence-corrected chi connectivity index (χ3v) is 4.82. The summed E-state index contributed by atoms with van der Waals surface area (Å²) in [6.45, 7) is 0. The van der Waals surface area contributed by atoms with Crippen LogP contribution in [0.3, 0.4) is 0 Å². The minimum absolute atomic E-state index is 0.131. The van der Waals surface area contributed by atoms with Crippen LogP contribution in [0.4, 0.5) is 9.59 Å². The van der Waals surface area contributed by atoms with Gasteiger partial charge in [0, 0.05) is 17.4 Å². The van der Waals surface area contributed by atoms with E-state index in [-0.39, 0.29) is 23.3 Å². The lowest BCUT2D eigenvalue weighted by atomic mass is 10.0. The molecule has 120 valence electrons. The van der Waals surface area contributed by atoms with Gasteiger partial charge >= 0.3 is 18.0 Å². The normalized spacial score (nSPS) is 24.3. The Balaban J connectivity index is 2.45. The molecular formula is C12H22N4O4S. The first-order chi connectivity index (χ1) is 9.93. The third-order valence-electron chi connectivity index (χ3n) is 3.31. The van der Waals surface area contributed by atoms with Crippen LogP contribution < -0.4 is 22.1 Å². The molecule has 1 aliphatic heterocycles. The number of hydrogen-bond donors (Lipinski definition) is 4. The average Bonchev–Trinajstić information content (AvgIpc) is 2.75. The molecule has 0 radical (unpaired) electrons. The van der Waals surface area contributed by atoms with Crippen LogP contribution in [0.15, 0.2) is 0 Å². The first-order valence-electron chi connectivity index (χ1n) is 6.74. The van der Waals surface area contributed by atoms with Crippen molar-refractivity contribution < 1.29 is 19.1 Å². The molecule has 0 aromatic heterocycles. The van der Waals surface area contributed by atoms with E-state index in [1.165, 1.54) is 7.11 Å². The summed E-state index contributed by atoms with van der Waals surface area (Å²) in [4.78, 5) is 33.1. The molecule has 8 nitrogen and oxygen atoms in total. The van der Waals surface area contributed by atoms with Gasteiger partial charge in [-0.25, -0.2) is 9.59 Å². The second-order valence-electron chi connectivity index (χ2n) is 4.84. The van der Waals surface area contributed by atoms with Gasteiger partial charge < -0.3 is 26.8 Å². The van der Waals surface area contributed by atoms with Crippen molar-refractivity contribution in [1.82, 2.24) is 10.6 Å². The Morgan fingerprint density at radius 2 is 1.86 bits per heavy atom. The molecule has 0 aromatic rings. The summed E-state index contributed by atoms with van der Waals surface area (Å²) in [6.07, 6.45) is 2.74. The van der Waals surface area contributed by atoms with Gasteiger partial charge in [0.1, 0.15) is 0 Å². The van der Waals surface area contributed by atoms with Crippen molar-refractivity contribution in [2.24, 2.45) is 11.5 Å². The summed E-state index contributed by atoms with van der Waals surface area (Å²) in [7, 11) is 1.36. The van der Waals surface area contributed by atoms with Crippen molar-refractivity contribution >= 4 is 29.8 Å². The van der Waals surface area contributed by atoms with Crippen LogP contribution in [-0.4, -0.2) is 48.2 Å². The minimum atomic E-state index is -0.627. The lowest BCUT2D eigenvalue weighted by Gasteiger charge is -2.24. The maximum Gasteiger partial charge on any atom is 0.312 e. The number of methoxy groups -OCH3 is 1. The largest absolute Gasteiger partial charge is 0.469 e. The van der Waals surface area contributed by atoms with Gasteiger partial charge in [-0.15, -0.1) is 0 Å². The molecule has 1 aliphatic rings. The van der Waals surface area contributed by atoms with Crippen LogP contribution >= 0.6 is 11.8 Å². The van der Waals surface area contributed by atoms with Gasteiger partial charge in [-0.1, -0.05) is 6.42 Å². The molecule has 0 aromatic carbocycles. The number of thioether (sulfide) groups is 1. The lowest BCUT2D eigenvalue weighted by Crippen LogP contribution is -2.55. The number of primary amides is 2. The van der Waals surface area contributed by atoms with Crippen molar-refractivity contribution in [1.29, 1.82) is 0 Å². The fourth-order valence-electron chi connectivity index (χ4n) is 2.35. The van der Waals surface area contributed by atoms with E-state index in [2.05, 4.69) is 15.4 Å². The van der Waals surface area contributed by atoms with Gasteiger partial charge in [-0.2, -0.15) is 11.8 Å². The van der Waals surface area contributed by atoms with Crippen LogP contribution in [-0.2, 0) is 9.53 Å². The van der Waals surface area contributed by atoms with Crippen LogP contribution in [0.25, 0.3) is 0 Å². The first kappa shape index (κ1) is 17.4. The number of rotatable bonds is 7. The summed E-state index contributed by atoms with van der Waals surface area (Å²) in [5.74, 6) is 0.435. The maximum absolute atomic E-state index is 11.1. The Morgan fingerprint density at radius 1 is 1.19 bits per heavy atom. The number of unbranched alkanes of at least 4 members (excludes halogenated alkanes) is 1. The van der Waals surface area contributed by atoms with Crippen LogP contribution in [0.2, 0.25) is 0 Å². The Labute approximate surface area is 127 Å². The number of carbonyl (C=O) groups is 3. The van der Waals surface area contributed by atoms with Crippen molar-refractivity contribution in [3.8, 4) is 0 Å². The Bertz CT molecular complexity index is 393. The molecule has 9 heteroatoms. The molecule has 0 bridgehead atoms. The van der Waals surface area contributed by atoms with E-state index >= 15 is 0 Å². The standard InChI is InChI=1S/C12H22N4O4S/c1-20-9(17)5-3-2-4-8-10(16-12(14)19)7(6-21-8)15-11(13)18/h7-8,10H,2-6H2,1H3,(H3,13,15,18)(H3,14,16,19)/t7-,8-,10-/m0/s1. The SMILES string of the molecule is COC(=O)CCCC[C@@H]1SC[C@H](NC(N)=O)[C@@H]1NC(N)=O. The quantitative estimate of drug-likeness (QED) is 0.384. The number of amides is 4. The number of carbonyl (C=O) groups excluding carboxylic acids is 3. The predicted molar refractivity (Wildman–Crippen MR) is 79.7 cm³/mol. The maximum atomic E-state index is 11.1. The molecule has 21 heavy (non-hydrogen) atoms. The van der Waals surface area contributed by atoms with E-state index < -0.39 is 12.1 Å². The molecular weight excluding hydrogens is 296 g/mol. The van der Waals surface area contributed by atoms with Crippen LogP contribution in [0, 0.1) is 0 Å². The van der Waals surface area contributed by atoms with Gasteiger partial charge in [0.25, 0.3) is 0 Å². The van der Waals surface area contributed by atoms with E-state index in [0.29, 0.717) is 12.2 Å². The van der Waals surface area contributed by atoms with Crippen molar-refractivity contribution in [3.05, 3.63) is 0 Å². The molecule has 0 aliphatic carbocycles. The summed E-state index contributed by atoms with van der Waals surface area (Å²) < 4.78 is 4.58. The molecule has 3 atom stereocenters. The molecule has 0 saturated carbocycles. The zero-order valence-electron chi connectivity index (χ0n) is 12.0. The third kappa shape index (κ3) is 6.11. The van der Waals surface area contributed by atoms with Gasteiger partial charge in [-0.3, -0.25) is 4.79 Å². The fourth-order valence-corrected chi connectivity index (χ4v) is 3.89. The molecule has 1 rings (SSSR count). The van der Waals surface area contributed by atoms with E-state index in [0.717, 1.165) is 19.3 Å². The summed E-state index contributed by atoms with van der Waals surface area (Å²) in [5.41, 5.74) is 10.3. The van der Waals surface area contributed by atoms with Gasteiger partial charge in [0.15, 0.2) is 0 Å². The number of ether oxygens (including phenoxy) is 1. The topological polar surface area (TPSA) is 137 Å². The van der Waals surface area contributed by atoms with E-state index in [1.54, 1.807) is 11.8 Å². The smallest absolute Gasteiger partial charge is 0.312 e. The fraction of sp³-hybridized carbons (Fsp3) is 0.750.